The lowest BCUT2D eigenvalue weighted by molar-refractivity contribution is 0.124. The molecule has 1 saturated carbocycles. The Labute approximate surface area is 127 Å². The molecule has 0 saturated heterocycles. The van der Waals surface area contributed by atoms with Crippen molar-refractivity contribution >= 4 is 11.6 Å². The summed E-state index contributed by atoms with van der Waals surface area (Å²) in [5, 5.41) is 6.76. The lowest BCUT2D eigenvalue weighted by Crippen LogP contribution is -2.12. The molecule has 0 aliphatic heterocycles. The second-order valence-corrected chi connectivity index (χ2v) is 5.82. The fourth-order valence-corrected chi connectivity index (χ4v) is 2.13. The second-order valence-electron chi connectivity index (χ2n) is 5.82. The first-order chi connectivity index (χ1) is 10.2. The van der Waals surface area contributed by atoms with Crippen LogP contribution in [0.2, 0.25) is 0 Å². The van der Waals surface area contributed by atoms with E-state index < -0.39 is 0 Å². The number of rotatable bonds is 10. The molecular formula is C16H28N4O. The highest BCUT2D eigenvalue weighted by Crippen LogP contribution is 2.28. The highest BCUT2D eigenvalue weighted by molar-refractivity contribution is 5.57. The van der Waals surface area contributed by atoms with Crippen LogP contribution in [0.4, 0.5) is 11.6 Å². The van der Waals surface area contributed by atoms with Gasteiger partial charge in [-0.25, -0.2) is 9.97 Å². The molecule has 1 aromatic heterocycles. The molecule has 21 heavy (non-hydrogen) atoms. The lowest BCUT2D eigenvalue weighted by Gasteiger charge is -2.14. The van der Waals surface area contributed by atoms with E-state index in [1.54, 1.807) is 0 Å². The van der Waals surface area contributed by atoms with Gasteiger partial charge in [-0.05, 0) is 45.4 Å². The minimum absolute atomic E-state index is 0.798. The summed E-state index contributed by atoms with van der Waals surface area (Å²) in [7, 11) is 0. The molecule has 2 rings (SSSR count). The standard InChI is InChI=1S/C16H28N4O/c1-4-8-17-15-12(2)16(20-13(3)19-15)18-9-5-10-21-11-14-6-7-14/h14H,4-11H2,1-3H3,(H2,17,18,19,20). The topological polar surface area (TPSA) is 59.1 Å². The van der Waals surface area contributed by atoms with Gasteiger partial charge in [-0.2, -0.15) is 0 Å². The van der Waals surface area contributed by atoms with Crippen LogP contribution in [0, 0.1) is 19.8 Å². The predicted molar refractivity (Wildman–Crippen MR) is 86.9 cm³/mol. The number of aryl methyl sites for hydroxylation is 1. The quantitative estimate of drug-likeness (QED) is 0.649. The molecule has 0 radical (unpaired) electrons. The molecule has 1 fully saturated rings. The Hall–Kier alpha value is -1.36. The lowest BCUT2D eigenvalue weighted by atomic mass is 10.3. The summed E-state index contributed by atoms with van der Waals surface area (Å²) >= 11 is 0. The van der Waals surface area contributed by atoms with Gasteiger partial charge in [0, 0.05) is 31.9 Å². The Morgan fingerprint density at radius 2 is 1.76 bits per heavy atom. The van der Waals surface area contributed by atoms with Crippen LogP contribution >= 0.6 is 0 Å². The summed E-state index contributed by atoms with van der Waals surface area (Å²) in [6.45, 7) is 9.73. The van der Waals surface area contributed by atoms with Gasteiger partial charge >= 0.3 is 0 Å². The van der Waals surface area contributed by atoms with Crippen molar-refractivity contribution in [3.05, 3.63) is 11.4 Å². The molecule has 2 N–H and O–H groups in total. The van der Waals surface area contributed by atoms with Crippen molar-refractivity contribution in [1.29, 1.82) is 0 Å². The van der Waals surface area contributed by atoms with E-state index in [0.717, 1.165) is 68.1 Å². The summed E-state index contributed by atoms with van der Waals surface area (Å²) in [4.78, 5) is 8.96. The first-order valence-electron chi connectivity index (χ1n) is 8.11. The van der Waals surface area contributed by atoms with Gasteiger partial charge < -0.3 is 15.4 Å². The monoisotopic (exact) mass is 292 g/mol. The molecular weight excluding hydrogens is 264 g/mol. The van der Waals surface area contributed by atoms with Gasteiger partial charge in [0.1, 0.15) is 17.5 Å². The van der Waals surface area contributed by atoms with Crippen molar-refractivity contribution in [3.63, 3.8) is 0 Å². The van der Waals surface area contributed by atoms with Crippen LogP contribution in [0.5, 0.6) is 0 Å². The Kier molecular flexibility index (Phi) is 6.23. The zero-order chi connectivity index (χ0) is 15.1. The molecule has 0 bridgehead atoms. The Balaban J connectivity index is 1.76. The highest BCUT2D eigenvalue weighted by atomic mass is 16.5. The summed E-state index contributed by atoms with van der Waals surface area (Å²) in [5.74, 6) is 3.52. The Morgan fingerprint density at radius 3 is 2.38 bits per heavy atom. The molecule has 5 nitrogen and oxygen atoms in total. The van der Waals surface area contributed by atoms with Crippen molar-refractivity contribution in [3.8, 4) is 0 Å². The van der Waals surface area contributed by atoms with Crippen LogP contribution in [0.15, 0.2) is 0 Å². The van der Waals surface area contributed by atoms with Crippen LogP contribution in [-0.2, 0) is 4.74 Å². The average Bonchev–Trinajstić information content (AvgIpc) is 3.28. The zero-order valence-corrected chi connectivity index (χ0v) is 13.5. The van der Waals surface area contributed by atoms with E-state index in [9.17, 15) is 0 Å². The molecule has 1 aromatic rings. The van der Waals surface area contributed by atoms with Gasteiger partial charge in [-0.1, -0.05) is 6.92 Å². The van der Waals surface area contributed by atoms with Crippen molar-refractivity contribution < 1.29 is 4.74 Å². The SMILES string of the molecule is CCCNc1nc(C)nc(NCCCOCC2CC2)c1C. The minimum atomic E-state index is 0.798. The fraction of sp³-hybridized carbons (Fsp3) is 0.750. The molecule has 5 heteroatoms. The average molecular weight is 292 g/mol. The summed E-state index contributed by atoms with van der Waals surface area (Å²) in [6, 6.07) is 0. The molecule has 0 spiro atoms. The van der Waals surface area contributed by atoms with Gasteiger partial charge in [0.25, 0.3) is 0 Å². The van der Waals surface area contributed by atoms with Crippen molar-refractivity contribution in [2.75, 3.05) is 36.9 Å². The van der Waals surface area contributed by atoms with Crippen LogP contribution in [0.25, 0.3) is 0 Å². The first kappa shape index (κ1) is 16.0. The van der Waals surface area contributed by atoms with Gasteiger partial charge in [0.05, 0.1) is 0 Å². The Morgan fingerprint density at radius 1 is 1.10 bits per heavy atom. The maximum atomic E-state index is 5.64. The number of nitrogens with one attached hydrogen (secondary N) is 2. The Bertz CT molecular complexity index is 446. The van der Waals surface area contributed by atoms with E-state index in [0.29, 0.717) is 0 Å². The molecule has 118 valence electrons. The van der Waals surface area contributed by atoms with E-state index in [1.807, 2.05) is 6.92 Å². The molecule has 1 heterocycles. The van der Waals surface area contributed by atoms with Gasteiger partial charge in [-0.3, -0.25) is 0 Å². The maximum absolute atomic E-state index is 5.64. The van der Waals surface area contributed by atoms with E-state index >= 15 is 0 Å². The van der Waals surface area contributed by atoms with Crippen molar-refractivity contribution in [1.82, 2.24) is 9.97 Å². The third-order valence-electron chi connectivity index (χ3n) is 3.61. The molecule has 0 unspecified atom stereocenters. The molecule has 1 aliphatic carbocycles. The van der Waals surface area contributed by atoms with Crippen LogP contribution in [0.3, 0.4) is 0 Å². The van der Waals surface area contributed by atoms with Crippen LogP contribution < -0.4 is 10.6 Å². The number of hydrogen-bond donors (Lipinski definition) is 2. The summed E-state index contributed by atoms with van der Waals surface area (Å²) in [6.07, 6.45) is 4.80. The number of aromatic nitrogens is 2. The molecule has 0 amide bonds. The van der Waals surface area contributed by atoms with E-state index in [1.165, 1.54) is 12.8 Å². The number of ether oxygens (including phenoxy) is 1. The number of anilines is 2. The van der Waals surface area contributed by atoms with Gasteiger partial charge in [0.2, 0.25) is 0 Å². The van der Waals surface area contributed by atoms with Gasteiger partial charge in [0.15, 0.2) is 0 Å². The molecule has 0 atom stereocenters. The van der Waals surface area contributed by atoms with E-state index in [2.05, 4.69) is 34.4 Å². The normalized spacial score (nSPS) is 14.2. The number of nitrogens with zero attached hydrogens (tertiary/aromatic N) is 2. The predicted octanol–water partition coefficient (Wildman–Crippen LogP) is 3.14. The smallest absolute Gasteiger partial charge is 0.134 e. The minimum Gasteiger partial charge on any atom is -0.381 e. The van der Waals surface area contributed by atoms with E-state index in [4.69, 9.17) is 4.74 Å². The van der Waals surface area contributed by atoms with E-state index in [-0.39, 0.29) is 0 Å². The third kappa shape index (κ3) is 5.50. The largest absolute Gasteiger partial charge is 0.381 e. The summed E-state index contributed by atoms with van der Waals surface area (Å²) in [5.41, 5.74) is 1.09. The fourth-order valence-electron chi connectivity index (χ4n) is 2.13. The molecule has 0 aromatic carbocycles. The zero-order valence-electron chi connectivity index (χ0n) is 13.5. The van der Waals surface area contributed by atoms with Crippen LogP contribution in [0.1, 0.15) is 44.0 Å². The summed E-state index contributed by atoms with van der Waals surface area (Å²) < 4.78 is 5.64. The highest BCUT2D eigenvalue weighted by Gasteiger charge is 2.20. The number of hydrogen-bond acceptors (Lipinski definition) is 5. The maximum Gasteiger partial charge on any atom is 0.134 e. The van der Waals surface area contributed by atoms with Crippen molar-refractivity contribution in [2.24, 2.45) is 5.92 Å². The van der Waals surface area contributed by atoms with Gasteiger partial charge in [-0.15, -0.1) is 0 Å². The first-order valence-corrected chi connectivity index (χ1v) is 8.11. The molecule has 1 aliphatic rings. The van der Waals surface area contributed by atoms with Crippen LogP contribution in [-0.4, -0.2) is 36.3 Å². The third-order valence-corrected chi connectivity index (χ3v) is 3.61. The van der Waals surface area contributed by atoms with Crippen molar-refractivity contribution in [2.45, 2.75) is 46.5 Å². The second kappa shape index (κ2) is 8.17.